The molecule has 2 aromatic rings. The molecule has 134 valence electrons. The normalized spacial score (nSPS) is 16.0. The van der Waals surface area contributed by atoms with Gasteiger partial charge in [0.1, 0.15) is 11.5 Å². The zero-order valence-electron chi connectivity index (χ0n) is 13.4. The van der Waals surface area contributed by atoms with Gasteiger partial charge in [0.2, 0.25) is 0 Å². The number of fused-ring (bicyclic) bond motifs is 2. The minimum atomic E-state index is -2.97. The Bertz CT molecular complexity index is 903. The second-order valence-corrected chi connectivity index (χ2v) is 6.00. The molecule has 0 saturated heterocycles. The number of aryl methyl sites for hydroxylation is 1. The van der Waals surface area contributed by atoms with E-state index in [2.05, 4.69) is 4.98 Å². The van der Waals surface area contributed by atoms with Gasteiger partial charge in [0.05, 0.1) is 11.1 Å². The highest BCUT2D eigenvalue weighted by Crippen LogP contribution is 2.29. The number of nitrogens with zero attached hydrogens (tertiary/aromatic N) is 3. The Kier molecular flexibility index (Phi) is 3.78. The molecule has 1 aromatic carbocycles. The Morgan fingerprint density at radius 1 is 1.12 bits per heavy atom. The first kappa shape index (κ1) is 16.4. The molecule has 2 aliphatic rings. The van der Waals surface area contributed by atoms with Gasteiger partial charge in [0, 0.05) is 13.0 Å². The number of halogens is 2. The molecule has 0 bridgehead atoms. The van der Waals surface area contributed by atoms with E-state index in [-0.39, 0.29) is 11.1 Å². The molecule has 0 spiro atoms. The quantitative estimate of drug-likeness (QED) is 0.785. The van der Waals surface area contributed by atoms with Crippen molar-refractivity contribution < 1.29 is 28.0 Å². The predicted molar refractivity (Wildman–Crippen MR) is 82.5 cm³/mol. The van der Waals surface area contributed by atoms with Gasteiger partial charge in [-0.2, -0.15) is 0 Å². The van der Waals surface area contributed by atoms with Crippen LogP contribution in [0.2, 0.25) is 0 Å². The van der Waals surface area contributed by atoms with Crippen LogP contribution in [0.1, 0.15) is 62.0 Å². The van der Waals surface area contributed by atoms with Crippen LogP contribution in [0.5, 0.6) is 0 Å². The summed E-state index contributed by atoms with van der Waals surface area (Å²) in [4.78, 5) is 45.9. The van der Waals surface area contributed by atoms with Crippen LogP contribution in [-0.2, 0) is 17.8 Å². The first-order valence-corrected chi connectivity index (χ1v) is 8.06. The van der Waals surface area contributed by atoms with Crippen molar-refractivity contribution >= 4 is 17.8 Å². The standard InChI is InChI=1S/C17H13F2N3O4/c18-14(19)12-13(21-8-4-3-7-11(21)20-12)17(25)26-22-15(23)9-5-1-2-6-10(9)16(22)24/h1-2,5-6,14H,3-4,7-8H2. The first-order chi connectivity index (χ1) is 12.5. The molecule has 0 aliphatic carbocycles. The zero-order chi connectivity index (χ0) is 18.4. The van der Waals surface area contributed by atoms with Crippen molar-refractivity contribution in [1.82, 2.24) is 14.6 Å². The lowest BCUT2D eigenvalue weighted by molar-refractivity contribution is -0.0595. The van der Waals surface area contributed by atoms with Crippen LogP contribution in [0.25, 0.3) is 0 Å². The zero-order valence-corrected chi connectivity index (χ0v) is 13.4. The molecule has 4 rings (SSSR count). The van der Waals surface area contributed by atoms with Gasteiger partial charge in [0.15, 0.2) is 5.69 Å². The molecular formula is C17H13F2N3O4. The molecule has 0 atom stereocenters. The number of aromatic nitrogens is 2. The highest BCUT2D eigenvalue weighted by Gasteiger charge is 2.40. The molecule has 3 heterocycles. The van der Waals surface area contributed by atoms with Crippen molar-refractivity contribution in [1.29, 1.82) is 0 Å². The molecule has 9 heteroatoms. The lowest BCUT2D eigenvalue weighted by atomic mass is 10.1. The monoisotopic (exact) mass is 361 g/mol. The average molecular weight is 361 g/mol. The van der Waals surface area contributed by atoms with E-state index in [0.717, 1.165) is 6.42 Å². The van der Waals surface area contributed by atoms with E-state index in [1.807, 2.05) is 0 Å². The van der Waals surface area contributed by atoms with Crippen molar-refractivity contribution in [2.75, 3.05) is 0 Å². The molecule has 7 nitrogen and oxygen atoms in total. The number of hydroxylamine groups is 2. The Morgan fingerprint density at radius 3 is 2.38 bits per heavy atom. The van der Waals surface area contributed by atoms with Crippen LogP contribution in [0.3, 0.4) is 0 Å². The van der Waals surface area contributed by atoms with Crippen LogP contribution < -0.4 is 0 Å². The minimum absolute atomic E-state index is 0.0923. The summed E-state index contributed by atoms with van der Waals surface area (Å²) in [6, 6.07) is 5.98. The number of amides is 2. The third kappa shape index (κ3) is 2.39. The van der Waals surface area contributed by atoms with Crippen molar-refractivity contribution in [3.8, 4) is 0 Å². The van der Waals surface area contributed by atoms with Gasteiger partial charge < -0.3 is 9.40 Å². The fourth-order valence-electron chi connectivity index (χ4n) is 3.25. The van der Waals surface area contributed by atoms with E-state index >= 15 is 0 Å². The number of carbonyl (C=O) groups is 3. The van der Waals surface area contributed by atoms with Gasteiger partial charge >= 0.3 is 5.97 Å². The van der Waals surface area contributed by atoms with Crippen molar-refractivity contribution in [2.45, 2.75) is 32.2 Å². The molecule has 2 amide bonds. The van der Waals surface area contributed by atoms with E-state index in [1.165, 1.54) is 16.7 Å². The summed E-state index contributed by atoms with van der Waals surface area (Å²) >= 11 is 0. The van der Waals surface area contributed by atoms with E-state index < -0.39 is 35.6 Å². The molecule has 2 aliphatic heterocycles. The number of benzene rings is 1. The number of carbonyl (C=O) groups excluding carboxylic acids is 3. The largest absolute Gasteiger partial charge is 0.382 e. The molecule has 0 radical (unpaired) electrons. The number of imidazole rings is 1. The highest BCUT2D eigenvalue weighted by atomic mass is 19.3. The minimum Gasteiger partial charge on any atom is -0.323 e. The molecule has 0 unspecified atom stereocenters. The van der Waals surface area contributed by atoms with Crippen LogP contribution in [0.15, 0.2) is 24.3 Å². The smallest absolute Gasteiger partial charge is 0.323 e. The number of hydrogen-bond acceptors (Lipinski definition) is 5. The van der Waals surface area contributed by atoms with Gasteiger partial charge in [-0.1, -0.05) is 17.2 Å². The summed E-state index contributed by atoms with van der Waals surface area (Å²) in [7, 11) is 0. The second kappa shape index (κ2) is 6.01. The third-order valence-electron chi connectivity index (χ3n) is 4.44. The SMILES string of the molecule is O=C(ON1C(=O)c2ccccc2C1=O)c1c(C(F)F)nc2n1CCCC2. The molecule has 0 saturated carbocycles. The van der Waals surface area contributed by atoms with Crippen LogP contribution in [0.4, 0.5) is 8.78 Å². The summed E-state index contributed by atoms with van der Waals surface area (Å²) < 4.78 is 28.0. The van der Waals surface area contributed by atoms with Crippen LogP contribution >= 0.6 is 0 Å². The van der Waals surface area contributed by atoms with Crippen molar-refractivity contribution in [3.05, 3.63) is 52.6 Å². The average Bonchev–Trinajstić information content (AvgIpc) is 3.14. The fraction of sp³-hybridized carbons (Fsp3) is 0.294. The fourth-order valence-corrected chi connectivity index (χ4v) is 3.25. The number of alkyl halides is 2. The van der Waals surface area contributed by atoms with E-state index in [9.17, 15) is 23.2 Å². The Hall–Kier alpha value is -3.10. The lowest BCUT2D eigenvalue weighted by Gasteiger charge is -2.17. The number of imide groups is 1. The summed E-state index contributed by atoms with van der Waals surface area (Å²) in [6.45, 7) is 0.349. The maximum absolute atomic E-state index is 13.3. The molecule has 26 heavy (non-hydrogen) atoms. The Morgan fingerprint density at radius 2 is 1.77 bits per heavy atom. The van der Waals surface area contributed by atoms with Gasteiger partial charge in [-0.3, -0.25) is 9.59 Å². The Balaban J connectivity index is 1.67. The number of rotatable bonds is 3. The maximum Gasteiger partial charge on any atom is 0.382 e. The van der Waals surface area contributed by atoms with Gasteiger partial charge in [-0.25, -0.2) is 18.6 Å². The first-order valence-electron chi connectivity index (χ1n) is 8.06. The third-order valence-corrected chi connectivity index (χ3v) is 4.44. The molecular weight excluding hydrogens is 348 g/mol. The topological polar surface area (TPSA) is 81.5 Å². The highest BCUT2D eigenvalue weighted by molar-refractivity contribution is 6.21. The predicted octanol–water partition coefficient (Wildman–Crippen LogP) is 2.53. The summed E-state index contributed by atoms with van der Waals surface area (Å²) in [5, 5.41) is 0.311. The van der Waals surface area contributed by atoms with E-state index in [0.29, 0.717) is 30.3 Å². The summed E-state index contributed by atoms with van der Waals surface area (Å²) in [6.07, 6.45) is -1.01. The molecule has 0 N–H and O–H groups in total. The lowest BCUT2D eigenvalue weighted by Crippen LogP contribution is -2.34. The molecule has 1 aromatic heterocycles. The van der Waals surface area contributed by atoms with E-state index in [1.54, 1.807) is 12.1 Å². The summed E-state index contributed by atoms with van der Waals surface area (Å²) in [5.41, 5.74) is -0.917. The van der Waals surface area contributed by atoms with Crippen LogP contribution in [0, 0.1) is 0 Å². The summed E-state index contributed by atoms with van der Waals surface area (Å²) in [5.74, 6) is -2.44. The molecule has 0 fully saturated rings. The van der Waals surface area contributed by atoms with Crippen LogP contribution in [-0.4, -0.2) is 32.4 Å². The maximum atomic E-state index is 13.3. The van der Waals surface area contributed by atoms with Gasteiger partial charge in [-0.15, -0.1) is 0 Å². The number of hydrogen-bond donors (Lipinski definition) is 0. The van der Waals surface area contributed by atoms with Crippen molar-refractivity contribution in [3.63, 3.8) is 0 Å². The van der Waals surface area contributed by atoms with E-state index in [4.69, 9.17) is 4.84 Å². The Labute approximate surface area is 146 Å². The van der Waals surface area contributed by atoms with Gasteiger partial charge in [-0.05, 0) is 25.0 Å². The second-order valence-electron chi connectivity index (χ2n) is 6.00. The van der Waals surface area contributed by atoms with Gasteiger partial charge in [0.25, 0.3) is 18.2 Å². The van der Waals surface area contributed by atoms with Crippen molar-refractivity contribution in [2.24, 2.45) is 0 Å².